The fraction of sp³-hybridized carbons (Fsp3) is 0.250. The van der Waals surface area contributed by atoms with Crippen LogP contribution in [0.3, 0.4) is 0 Å². The first kappa shape index (κ1) is 6.57. The summed E-state index contributed by atoms with van der Waals surface area (Å²) in [5.74, 6) is 0.374. The number of aliphatic hydroxyl groups excluding tert-OH is 1. The van der Waals surface area contributed by atoms with Gasteiger partial charge >= 0.3 is 0 Å². The van der Waals surface area contributed by atoms with Gasteiger partial charge in [0.25, 0.3) is 0 Å². The Hall–Kier alpha value is -0.550. The smallest absolute Gasteiger partial charge is 0.159 e. The molecule has 0 aliphatic heterocycles. The lowest BCUT2D eigenvalue weighted by atomic mass is 10.4. The Labute approximate surface area is 60.2 Å². The summed E-state index contributed by atoms with van der Waals surface area (Å²) < 4.78 is 0.644. The lowest BCUT2D eigenvalue weighted by Crippen LogP contribution is -1.84. The molecule has 0 spiro atoms. The molecular weight excluding hydrogens is 186 g/mol. The van der Waals surface area contributed by atoms with Crippen molar-refractivity contribution in [2.24, 2.45) is 0 Å². The van der Waals surface area contributed by atoms with Crippen LogP contribution in [0, 0.1) is 0 Å². The third kappa shape index (κ3) is 1.06. The van der Waals surface area contributed by atoms with E-state index in [0.717, 1.165) is 0 Å². The third-order valence-electron chi connectivity index (χ3n) is 0.959. The van der Waals surface area contributed by atoms with Crippen LogP contribution in [-0.4, -0.2) is 15.3 Å². The number of aliphatic hydroxyl groups is 1. The standard InChI is InChI=1S/C4H6BrN3O/c5-3-2(1-9)7-8-4(3)6/h9H,1H2,(H3,6,7,8). The second-order valence-corrected chi connectivity index (χ2v) is 2.35. The second-order valence-electron chi connectivity index (χ2n) is 1.56. The summed E-state index contributed by atoms with van der Waals surface area (Å²) in [5, 5.41) is 14.8. The number of hydrogen-bond acceptors (Lipinski definition) is 3. The van der Waals surface area contributed by atoms with E-state index < -0.39 is 0 Å². The van der Waals surface area contributed by atoms with Crippen LogP contribution in [0.4, 0.5) is 5.82 Å². The Kier molecular flexibility index (Phi) is 1.73. The predicted molar refractivity (Wildman–Crippen MR) is 36.6 cm³/mol. The van der Waals surface area contributed by atoms with Crippen LogP contribution < -0.4 is 5.73 Å². The Bertz CT molecular complexity index is 210. The SMILES string of the molecule is Nc1n[nH]c(CO)c1Br. The molecule has 0 aliphatic rings. The molecule has 50 valence electrons. The summed E-state index contributed by atoms with van der Waals surface area (Å²) in [6.07, 6.45) is 0. The quantitative estimate of drug-likeness (QED) is 0.596. The van der Waals surface area contributed by atoms with Crippen molar-refractivity contribution >= 4 is 21.7 Å². The maximum atomic E-state index is 8.57. The van der Waals surface area contributed by atoms with Gasteiger partial charge in [0.1, 0.15) is 0 Å². The average molecular weight is 192 g/mol. The van der Waals surface area contributed by atoms with E-state index in [9.17, 15) is 0 Å². The van der Waals surface area contributed by atoms with Gasteiger partial charge in [0.2, 0.25) is 0 Å². The number of nitrogen functional groups attached to an aromatic ring is 1. The van der Waals surface area contributed by atoms with E-state index in [1.807, 2.05) is 0 Å². The van der Waals surface area contributed by atoms with Crippen molar-refractivity contribution in [3.05, 3.63) is 10.2 Å². The molecule has 0 saturated carbocycles. The van der Waals surface area contributed by atoms with Crippen LogP contribution >= 0.6 is 15.9 Å². The van der Waals surface area contributed by atoms with Crippen LogP contribution in [0.25, 0.3) is 0 Å². The molecule has 0 aliphatic carbocycles. The fourth-order valence-electron chi connectivity index (χ4n) is 0.485. The van der Waals surface area contributed by atoms with E-state index >= 15 is 0 Å². The summed E-state index contributed by atoms with van der Waals surface area (Å²) in [5.41, 5.74) is 5.92. The summed E-state index contributed by atoms with van der Waals surface area (Å²) in [4.78, 5) is 0. The Morgan fingerprint density at radius 1 is 1.78 bits per heavy atom. The number of aromatic amines is 1. The molecule has 0 aromatic carbocycles. The first-order valence-electron chi connectivity index (χ1n) is 2.34. The number of nitrogens with zero attached hydrogens (tertiary/aromatic N) is 1. The monoisotopic (exact) mass is 191 g/mol. The molecule has 1 heterocycles. The van der Waals surface area contributed by atoms with E-state index in [1.165, 1.54) is 0 Å². The lowest BCUT2D eigenvalue weighted by Gasteiger charge is -1.86. The van der Waals surface area contributed by atoms with Gasteiger partial charge in [0.05, 0.1) is 16.8 Å². The minimum absolute atomic E-state index is 0.0786. The number of nitrogens with two attached hydrogens (primary N) is 1. The van der Waals surface area contributed by atoms with Crippen molar-refractivity contribution in [3.8, 4) is 0 Å². The van der Waals surface area contributed by atoms with Gasteiger partial charge in [-0.1, -0.05) is 0 Å². The van der Waals surface area contributed by atoms with Crippen molar-refractivity contribution in [1.82, 2.24) is 10.2 Å². The first-order chi connectivity index (χ1) is 4.25. The molecule has 0 bridgehead atoms. The van der Waals surface area contributed by atoms with E-state index in [0.29, 0.717) is 16.0 Å². The number of H-pyrrole nitrogens is 1. The summed E-state index contributed by atoms with van der Waals surface area (Å²) >= 11 is 3.13. The average Bonchev–Trinajstić information content (AvgIpc) is 2.15. The van der Waals surface area contributed by atoms with Crippen molar-refractivity contribution in [1.29, 1.82) is 0 Å². The molecule has 0 atom stereocenters. The predicted octanol–water partition coefficient (Wildman–Crippen LogP) is 0.247. The molecular formula is C4H6BrN3O. The Morgan fingerprint density at radius 2 is 2.44 bits per heavy atom. The van der Waals surface area contributed by atoms with Gasteiger partial charge < -0.3 is 10.8 Å². The van der Waals surface area contributed by atoms with Gasteiger partial charge in [0, 0.05) is 0 Å². The highest BCUT2D eigenvalue weighted by Crippen LogP contribution is 2.19. The minimum atomic E-state index is -0.0786. The highest BCUT2D eigenvalue weighted by Gasteiger charge is 2.04. The van der Waals surface area contributed by atoms with E-state index in [-0.39, 0.29) is 6.61 Å². The molecule has 0 saturated heterocycles. The van der Waals surface area contributed by atoms with Crippen molar-refractivity contribution < 1.29 is 5.11 Å². The van der Waals surface area contributed by atoms with E-state index in [1.54, 1.807) is 0 Å². The van der Waals surface area contributed by atoms with Gasteiger partial charge in [-0.2, -0.15) is 5.10 Å². The molecule has 4 N–H and O–H groups in total. The normalized spacial score (nSPS) is 10.0. The number of hydrogen-bond donors (Lipinski definition) is 3. The Balaban J connectivity index is 3.04. The zero-order chi connectivity index (χ0) is 6.85. The zero-order valence-electron chi connectivity index (χ0n) is 4.56. The molecule has 0 amide bonds. The fourth-order valence-corrected chi connectivity index (χ4v) is 0.788. The molecule has 9 heavy (non-hydrogen) atoms. The minimum Gasteiger partial charge on any atom is -0.390 e. The van der Waals surface area contributed by atoms with Gasteiger partial charge in [-0.25, -0.2) is 0 Å². The van der Waals surface area contributed by atoms with E-state index in [2.05, 4.69) is 26.1 Å². The number of rotatable bonds is 1. The summed E-state index contributed by atoms with van der Waals surface area (Å²) in [6.45, 7) is -0.0786. The van der Waals surface area contributed by atoms with Crippen molar-refractivity contribution in [2.45, 2.75) is 6.61 Å². The Morgan fingerprint density at radius 3 is 2.67 bits per heavy atom. The summed E-state index contributed by atoms with van der Waals surface area (Å²) in [7, 11) is 0. The number of aromatic nitrogens is 2. The molecule has 0 fully saturated rings. The maximum Gasteiger partial charge on any atom is 0.159 e. The molecule has 5 heteroatoms. The number of nitrogens with one attached hydrogen (secondary N) is 1. The van der Waals surface area contributed by atoms with Crippen LogP contribution in [0.2, 0.25) is 0 Å². The topological polar surface area (TPSA) is 74.9 Å². The largest absolute Gasteiger partial charge is 0.390 e. The number of anilines is 1. The van der Waals surface area contributed by atoms with Gasteiger partial charge in [0.15, 0.2) is 5.82 Å². The lowest BCUT2D eigenvalue weighted by molar-refractivity contribution is 0.276. The summed E-state index contributed by atoms with van der Waals surface area (Å²) in [6, 6.07) is 0. The van der Waals surface area contributed by atoms with Crippen LogP contribution in [-0.2, 0) is 6.61 Å². The van der Waals surface area contributed by atoms with Crippen molar-refractivity contribution in [3.63, 3.8) is 0 Å². The first-order valence-corrected chi connectivity index (χ1v) is 3.14. The van der Waals surface area contributed by atoms with E-state index in [4.69, 9.17) is 10.8 Å². The molecule has 1 aromatic heterocycles. The highest BCUT2D eigenvalue weighted by atomic mass is 79.9. The third-order valence-corrected chi connectivity index (χ3v) is 1.84. The molecule has 1 aromatic rings. The van der Waals surface area contributed by atoms with Crippen LogP contribution in [0.1, 0.15) is 5.69 Å². The molecule has 0 radical (unpaired) electrons. The van der Waals surface area contributed by atoms with Crippen LogP contribution in [0.15, 0.2) is 4.47 Å². The highest BCUT2D eigenvalue weighted by molar-refractivity contribution is 9.10. The number of halogens is 1. The van der Waals surface area contributed by atoms with Crippen LogP contribution in [0.5, 0.6) is 0 Å². The molecule has 4 nitrogen and oxygen atoms in total. The zero-order valence-corrected chi connectivity index (χ0v) is 6.14. The molecule has 0 unspecified atom stereocenters. The van der Waals surface area contributed by atoms with Crippen molar-refractivity contribution in [2.75, 3.05) is 5.73 Å². The van der Waals surface area contributed by atoms with Gasteiger partial charge in [-0.05, 0) is 15.9 Å². The maximum absolute atomic E-state index is 8.57. The second kappa shape index (κ2) is 2.36. The molecule has 1 rings (SSSR count). The van der Waals surface area contributed by atoms with Gasteiger partial charge in [-0.15, -0.1) is 0 Å². The van der Waals surface area contributed by atoms with Gasteiger partial charge in [-0.3, -0.25) is 5.10 Å².